The average molecular weight is 176 g/mol. The van der Waals surface area contributed by atoms with Gasteiger partial charge in [0.2, 0.25) is 0 Å². The Labute approximate surface area is 72.2 Å². The van der Waals surface area contributed by atoms with Crippen LogP contribution in [0.1, 0.15) is 26.2 Å². The van der Waals surface area contributed by atoms with Gasteiger partial charge in [-0.2, -0.15) is 0 Å². The molecular formula is C8H16O4. The number of ether oxygens (including phenoxy) is 1. The van der Waals surface area contributed by atoms with E-state index >= 15 is 0 Å². The lowest BCUT2D eigenvalue weighted by Gasteiger charge is -2.23. The third kappa shape index (κ3) is 2.79. The fourth-order valence-corrected chi connectivity index (χ4v) is 1.12. The van der Waals surface area contributed by atoms with E-state index in [1.165, 1.54) is 7.11 Å². The molecule has 72 valence electrons. The molecular weight excluding hydrogens is 160 g/mol. The molecule has 0 bridgehead atoms. The first-order chi connectivity index (χ1) is 5.60. The number of aliphatic hydroxyl groups is 2. The standard InChI is InChI=1S/C8H16O4/c1-3-4-8(11,5-6-9)7(10)12-2/h9,11H,3-6H2,1-2H3. The fraction of sp³-hybridized carbons (Fsp3) is 0.875. The van der Waals surface area contributed by atoms with Gasteiger partial charge in [0.25, 0.3) is 0 Å². The van der Waals surface area contributed by atoms with Crippen molar-refractivity contribution in [2.45, 2.75) is 31.8 Å². The normalized spacial score (nSPS) is 15.3. The third-order valence-corrected chi connectivity index (χ3v) is 1.75. The zero-order valence-electron chi connectivity index (χ0n) is 7.54. The number of methoxy groups -OCH3 is 1. The minimum atomic E-state index is -1.50. The van der Waals surface area contributed by atoms with Crippen LogP contribution in [0.4, 0.5) is 0 Å². The molecule has 4 nitrogen and oxygen atoms in total. The van der Waals surface area contributed by atoms with Gasteiger partial charge in [-0.1, -0.05) is 13.3 Å². The number of hydrogen-bond acceptors (Lipinski definition) is 4. The van der Waals surface area contributed by atoms with Crippen molar-refractivity contribution in [3.05, 3.63) is 0 Å². The van der Waals surface area contributed by atoms with Gasteiger partial charge in [-0.3, -0.25) is 0 Å². The monoisotopic (exact) mass is 176 g/mol. The van der Waals surface area contributed by atoms with E-state index in [9.17, 15) is 9.90 Å². The van der Waals surface area contributed by atoms with E-state index in [0.717, 1.165) is 0 Å². The number of rotatable bonds is 5. The summed E-state index contributed by atoms with van der Waals surface area (Å²) in [6.45, 7) is 1.64. The highest BCUT2D eigenvalue weighted by molar-refractivity contribution is 5.79. The van der Waals surface area contributed by atoms with E-state index in [0.29, 0.717) is 12.8 Å². The van der Waals surface area contributed by atoms with Crippen LogP contribution >= 0.6 is 0 Å². The Hall–Kier alpha value is -0.610. The Bertz CT molecular complexity index is 138. The maximum Gasteiger partial charge on any atom is 0.337 e. The van der Waals surface area contributed by atoms with E-state index in [1.54, 1.807) is 0 Å². The first kappa shape index (κ1) is 11.4. The van der Waals surface area contributed by atoms with Gasteiger partial charge >= 0.3 is 5.97 Å². The predicted molar refractivity (Wildman–Crippen MR) is 43.6 cm³/mol. The zero-order valence-corrected chi connectivity index (χ0v) is 7.54. The van der Waals surface area contributed by atoms with Crippen molar-refractivity contribution in [2.24, 2.45) is 0 Å². The Kier molecular flexibility index (Phi) is 4.85. The number of carbonyl (C=O) groups is 1. The van der Waals surface area contributed by atoms with Crippen LogP contribution in [-0.4, -0.2) is 35.5 Å². The number of hydrogen-bond donors (Lipinski definition) is 2. The molecule has 0 heterocycles. The Morgan fingerprint density at radius 1 is 1.50 bits per heavy atom. The maximum atomic E-state index is 11.0. The molecule has 0 aromatic rings. The molecule has 0 aliphatic rings. The highest BCUT2D eigenvalue weighted by atomic mass is 16.5. The second kappa shape index (κ2) is 5.11. The van der Waals surface area contributed by atoms with Gasteiger partial charge in [-0.25, -0.2) is 4.79 Å². The summed E-state index contributed by atoms with van der Waals surface area (Å²) in [5, 5.41) is 18.3. The topological polar surface area (TPSA) is 66.8 Å². The van der Waals surface area contributed by atoms with Gasteiger partial charge in [-0.15, -0.1) is 0 Å². The molecule has 4 heteroatoms. The van der Waals surface area contributed by atoms with Crippen LogP contribution in [0.2, 0.25) is 0 Å². The molecule has 0 aromatic heterocycles. The molecule has 0 aliphatic carbocycles. The van der Waals surface area contributed by atoms with Crippen LogP contribution in [0.5, 0.6) is 0 Å². The van der Waals surface area contributed by atoms with E-state index in [2.05, 4.69) is 4.74 Å². The minimum Gasteiger partial charge on any atom is -0.467 e. The van der Waals surface area contributed by atoms with Gasteiger partial charge in [-0.05, 0) is 6.42 Å². The highest BCUT2D eigenvalue weighted by Gasteiger charge is 2.35. The summed E-state index contributed by atoms with van der Waals surface area (Å²) in [7, 11) is 1.22. The van der Waals surface area contributed by atoms with Crippen LogP contribution in [-0.2, 0) is 9.53 Å². The Morgan fingerprint density at radius 2 is 2.08 bits per heavy atom. The van der Waals surface area contributed by atoms with Crippen LogP contribution < -0.4 is 0 Å². The fourth-order valence-electron chi connectivity index (χ4n) is 1.12. The Balaban J connectivity index is 4.26. The highest BCUT2D eigenvalue weighted by Crippen LogP contribution is 2.18. The summed E-state index contributed by atoms with van der Waals surface area (Å²) in [6.07, 6.45) is 1.03. The van der Waals surface area contributed by atoms with E-state index < -0.39 is 11.6 Å². The van der Waals surface area contributed by atoms with Crippen molar-refractivity contribution in [1.82, 2.24) is 0 Å². The summed E-state index contributed by atoms with van der Waals surface area (Å²) >= 11 is 0. The number of carbonyl (C=O) groups excluding carboxylic acids is 1. The summed E-state index contributed by atoms with van der Waals surface area (Å²) in [4.78, 5) is 11.0. The molecule has 0 radical (unpaired) electrons. The van der Waals surface area contributed by atoms with Gasteiger partial charge < -0.3 is 14.9 Å². The average Bonchev–Trinajstić information content (AvgIpc) is 2.04. The molecule has 1 unspecified atom stereocenters. The molecule has 0 fully saturated rings. The zero-order chi connectivity index (χ0) is 9.61. The lowest BCUT2D eigenvalue weighted by atomic mass is 9.95. The second-order valence-corrected chi connectivity index (χ2v) is 2.75. The van der Waals surface area contributed by atoms with Gasteiger partial charge in [0.15, 0.2) is 5.60 Å². The van der Waals surface area contributed by atoms with Crippen LogP contribution in [0.25, 0.3) is 0 Å². The predicted octanol–water partition coefficient (Wildman–Crippen LogP) is 0.0730. The van der Waals surface area contributed by atoms with Crippen LogP contribution in [0.3, 0.4) is 0 Å². The van der Waals surface area contributed by atoms with Crippen molar-refractivity contribution < 1.29 is 19.7 Å². The van der Waals surface area contributed by atoms with E-state index in [-0.39, 0.29) is 13.0 Å². The molecule has 0 rings (SSSR count). The van der Waals surface area contributed by atoms with Crippen molar-refractivity contribution in [3.8, 4) is 0 Å². The minimum absolute atomic E-state index is 0.0352. The number of aliphatic hydroxyl groups excluding tert-OH is 1. The molecule has 0 aliphatic heterocycles. The summed E-state index contributed by atoms with van der Waals surface area (Å²) < 4.78 is 4.42. The summed E-state index contributed by atoms with van der Waals surface area (Å²) in [5.74, 6) is -0.668. The quantitative estimate of drug-likeness (QED) is 0.582. The maximum absolute atomic E-state index is 11.0. The molecule has 0 saturated carbocycles. The van der Waals surface area contributed by atoms with Crippen molar-refractivity contribution >= 4 is 5.97 Å². The van der Waals surface area contributed by atoms with Crippen LogP contribution in [0, 0.1) is 0 Å². The van der Waals surface area contributed by atoms with Crippen LogP contribution in [0.15, 0.2) is 0 Å². The first-order valence-corrected chi connectivity index (χ1v) is 4.02. The Morgan fingerprint density at radius 3 is 2.42 bits per heavy atom. The van der Waals surface area contributed by atoms with Crippen molar-refractivity contribution in [1.29, 1.82) is 0 Å². The summed E-state index contributed by atoms with van der Waals surface area (Å²) in [5.41, 5.74) is -1.50. The first-order valence-electron chi connectivity index (χ1n) is 4.02. The largest absolute Gasteiger partial charge is 0.467 e. The molecule has 2 N–H and O–H groups in total. The number of esters is 1. The van der Waals surface area contributed by atoms with Crippen molar-refractivity contribution in [2.75, 3.05) is 13.7 Å². The molecule has 1 atom stereocenters. The third-order valence-electron chi connectivity index (χ3n) is 1.75. The molecule has 0 spiro atoms. The smallest absolute Gasteiger partial charge is 0.337 e. The molecule has 0 saturated heterocycles. The van der Waals surface area contributed by atoms with Crippen molar-refractivity contribution in [3.63, 3.8) is 0 Å². The second-order valence-electron chi connectivity index (χ2n) is 2.75. The van der Waals surface area contributed by atoms with Gasteiger partial charge in [0.05, 0.1) is 7.11 Å². The molecule has 12 heavy (non-hydrogen) atoms. The van der Waals surface area contributed by atoms with E-state index in [1.807, 2.05) is 6.92 Å². The summed E-state index contributed by atoms with van der Waals surface area (Å²) in [6, 6.07) is 0. The molecule has 0 amide bonds. The van der Waals surface area contributed by atoms with Gasteiger partial charge in [0.1, 0.15) is 0 Å². The van der Waals surface area contributed by atoms with E-state index in [4.69, 9.17) is 5.11 Å². The lowest BCUT2D eigenvalue weighted by Crippen LogP contribution is -2.40. The SMILES string of the molecule is CCCC(O)(CCO)C(=O)OC. The lowest BCUT2D eigenvalue weighted by molar-refractivity contribution is -0.164. The van der Waals surface area contributed by atoms with Gasteiger partial charge in [0, 0.05) is 13.0 Å². The molecule has 0 aromatic carbocycles.